The lowest BCUT2D eigenvalue weighted by atomic mass is 10.1. The minimum atomic E-state index is -1.03. The van der Waals surface area contributed by atoms with Crippen molar-refractivity contribution in [3.05, 3.63) is 35.6 Å². The number of carboxylic acid groups (broad SMARTS) is 1. The first-order chi connectivity index (χ1) is 9.56. The zero-order chi connectivity index (χ0) is 14.7. The van der Waals surface area contributed by atoms with Gasteiger partial charge in [0.05, 0.1) is 5.56 Å². The Morgan fingerprint density at radius 2 is 2.05 bits per heavy atom. The number of likely N-dealkylation sites (N-methyl/N-ethyl adjacent to an activating group) is 1. The summed E-state index contributed by atoms with van der Waals surface area (Å²) in [5.74, 6) is -1.34. The number of furan rings is 1. The monoisotopic (exact) mass is 275 g/mol. The van der Waals surface area contributed by atoms with E-state index in [1.165, 1.54) is 11.2 Å². The standard InChI is InChI=1S/C15H17NO4/c1-3-10-5-6-13-11(7-10)12(9-20-13)15(19)16(4-2)8-14(17)18/h5-7,9H,3-4,8H2,1-2H3,(H,17,18). The molecule has 20 heavy (non-hydrogen) atoms. The van der Waals surface area contributed by atoms with Crippen molar-refractivity contribution >= 4 is 22.8 Å². The number of rotatable bonds is 5. The van der Waals surface area contributed by atoms with Crippen LogP contribution in [0.5, 0.6) is 0 Å². The summed E-state index contributed by atoms with van der Waals surface area (Å²) in [5.41, 5.74) is 2.16. The summed E-state index contributed by atoms with van der Waals surface area (Å²) >= 11 is 0. The van der Waals surface area contributed by atoms with E-state index in [2.05, 4.69) is 0 Å². The number of carbonyl (C=O) groups is 2. The molecule has 0 saturated carbocycles. The Hall–Kier alpha value is -2.30. The van der Waals surface area contributed by atoms with Gasteiger partial charge in [0.15, 0.2) is 0 Å². The van der Waals surface area contributed by atoms with Crippen LogP contribution in [-0.4, -0.2) is 35.0 Å². The molecule has 5 nitrogen and oxygen atoms in total. The van der Waals surface area contributed by atoms with Gasteiger partial charge in [-0.3, -0.25) is 9.59 Å². The molecule has 0 atom stereocenters. The van der Waals surface area contributed by atoms with Crippen molar-refractivity contribution in [1.82, 2.24) is 4.90 Å². The highest BCUT2D eigenvalue weighted by Crippen LogP contribution is 2.24. The summed E-state index contributed by atoms with van der Waals surface area (Å²) < 4.78 is 5.37. The van der Waals surface area contributed by atoms with Gasteiger partial charge < -0.3 is 14.4 Å². The molecule has 0 unspecified atom stereocenters. The van der Waals surface area contributed by atoms with Crippen molar-refractivity contribution in [3.8, 4) is 0 Å². The quantitative estimate of drug-likeness (QED) is 0.910. The summed E-state index contributed by atoms with van der Waals surface area (Å²) in [4.78, 5) is 24.5. The fraction of sp³-hybridized carbons (Fsp3) is 0.333. The van der Waals surface area contributed by atoms with Gasteiger partial charge in [0.2, 0.25) is 0 Å². The average molecular weight is 275 g/mol. The van der Waals surface area contributed by atoms with Crippen molar-refractivity contribution in [3.63, 3.8) is 0 Å². The van der Waals surface area contributed by atoms with Crippen LogP contribution in [0.3, 0.4) is 0 Å². The number of fused-ring (bicyclic) bond motifs is 1. The molecule has 0 radical (unpaired) electrons. The minimum Gasteiger partial charge on any atom is -0.480 e. The van der Waals surface area contributed by atoms with Crippen LogP contribution in [0.25, 0.3) is 11.0 Å². The van der Waals surface area contributed by atoms with E-state index in [0.29, 0.717) is 17.7 Å². The fourth-order valence-electron chi connectivity index (χ4n) is 2.12. The van der Waals surface area contributed by atoms with E-state index in [1.807, 2.05) is 25.1 Å². The van der Waals surface area contributed by atoms with E-state index < -0.39 is 5.97 Å². The van der Waals surface area contributed by atoms with Gasteiger partial charge in [-0.2, -0.15) is 0 Å². The largest absolute Gasteiger partial charge is 0.480 e. The SMILES string of the molecule is CCc1ccc2occ(C(=O)N(CC)CC(=O)O)c2c1. The van der Waals surface area contributed by atoms with Crippen molar-refractivity contribution in [2.75, 3.05) is 13.1 Å². The molecule has 1 amide bonds. The summed E-state index contributed by atoms with van der Waals surface area (Å²) in [6.45, 7) is 3.81. The number of carbonyl (C=O) groups excluding carboxylic acids is 1. The topological polar surface area (TPSA) is 70.8 Å². The Kier molecular flexibility index (Phi) is 4.08. The number of hydrogen-bond acceptors (Lipinski definition) is 3. The normalized spacial score (nSPS) is 10.7. The highest BCUT2D eigenvalue weighted by atomic mass is 16.4. The van der Waals surface area contributed by atoms with Crippen LogP contribution in [0.1, 0.15) is 29.8 Å². The maximum atomic E-state index is 12.4. The van der Waals surface area contributed by atoms with E-state index in [0.717, 1.165) is 17.4 Å². The lowest BCUT2D eigenvalue weighted by Gasteiger charge is -2.17. The number of amides is 1. The fourth-order valence-corrected chi connectivity index (χ4v) is 2.12. The molecule has 2 aromatic rings. The van der Waals surface area contributed by atoms with Crippen LogP contribution in [0.4, 0.5) is 0 Å². The third kappa shape index (κ3) is 2.66. The van der Waals surface area contributed by atoms with Crippen LogP contribution in [-0.2, 0) is 11.2 Å². The first-order valence-electron chi connectivity index (χ1n) is 6.58. The smallest absolute Gasteiger partial charge is 0.323 e. The maximum Gasteiger partial charge on any atom is 0.323 e. The molecule has 0 aliphatic heterocycles. The number of carboxylic acids is 1. The van der Waals surface area contributed by atoms with E-state index in [-0.39, 0.29) is 12.5 Å². The summed E-state index contributed by atoms with van der Waals surface area (Å²) in [5, 5.41) is 9.57. The van der Waals surface area contributed by atoms with Gasteiger partial charge in [-0.1, -0.05) is 13.0 Å². The number of aliphatic carboxylic acids is 1. The summed E-state index contributed by atoms with van der Waals surface area (Å²) in [7, 11) is 0. The molecule has 5 heteroatoms. The van der Waals surface area contributed by atoms with Crippen LogP contribution in [0.15, 0.2) is 28.9 Å². The van der Waals surface area contributed by atoms with Crippen molar-refractivity contribution in [1.29, 1.82) is 0 Å². The van der Waals surface area contributed by atoms with Gasteiger partial charge in [0, 0.05) is 11.9 Å². The number of nitrogens with zero attached hydrogens (tertiary/aromatic N) is 1. The van der Waals surface area contributed by atoms with E-state index in [4.69, 9.17) is 9.52 Å². The minimum absolute atomic E-state index is 0.310. The molecule has 1 aromatic heterocycles. The highest BCUT2D eigenvalue weighted by Gasteiger charge is 2.21. The maximum absolute atomic E-state index is 12.4. The van der Waals surface area contributed by atoms with E-state index in [9.17, 15) is 9.59 Å². The van der Waals surface area contributed by atoms with Crippen LogP contribution < -0.4 is 0 Å². The van der Waals surface area contributed by atoms with Crippen molar-refractivity contribution in [2.24, 2.45) is 0 Å². The second kappa shape index (κ2) is 5.77. The summed E-state index contributed by atoms with van der Waals surface area (Å²) in [6.07, 6.45) is 2.26. The van der Waals surface area contributed by atoms with E-state index >= 15 is 0 Å². The Morgan fingerprint density at radius 1 is 1.30 bits per heavy atom. The highest BCUT2D eigenvalue weighted by molar-refractivity contribution is 6.06. The molecule has 0 spiro atoms. The third-order valence-corrected chi connectivity index (χ3v) is 3.27. The molecule has 1 aromatic carbocycles. The summed E-state index contributed by atoms with van der Waals surface area (Å²) in [6, 6.07) is 5.70. The zero-order valence-electron chi connectivity index (χ0n) is 11.5. The number of benzene rings is 1. The average Bonchev–Trinajstić information content (AvgIpc) is 2.86. The zero-order valence-corrected chi connectivity index (χ0v) is 11.5. The predicted molar refractivity (Wildman–Crippen MR) is 74.8 cm³/mol. The molecule has 0 aliphatic rings. The first kappa shape index (κ1) is 14.1. The third-order valence-electron chi connectivity index (χ3n) is 3.27. The van der Waals surface area contributed by atoms with Crippen molar-refractivity contribution < 1.29 is 19.1 Å². The number of aryl methyl sites for hydroxylation is 1. The molecular formula is C15H17NO4. The number of hydrogen-bond donors (Lipinski definition) is 1. The Bertz CT molecular complexity index is 644. The Morgan fingerprint density at radius 3 is 2.65 bits per heavy atom. The Labute approximate surface area is 116 Å². The second-order valence-corrected chi connectivity index (χ2v) is 4.55. The molecular weight excluding hydrogens is 258 g/mol. The van der Waals surface area contributed by atoms with Crippen molar-refractivity contribution in [2.45, 2.75) is 20.3 Å². The van der Waals surface area contributed by atoms with Gasteiger partial charge >= 0.3 is 5.97 Å². The van der Waals surface area contributed by atoms with Crippen LogP contribution in [0, 0.1) is 0 Å². The van der Waals surface area contributed by atoms with Gasteiger partial charge in [-0.05, 0) is 31.0 Å². The Balaban J connectivity index is 2.40. The second-order valence-electron chi connectivity index (χ2n) is 4.55. The molecule has 0 aliphatic carbocycles. The van der Waals surface area contributed by atoms with Gasteiger partial charge in [0.25, 0.3) is 5.91 Å². The molecule has 0 fully saturated rings. The molecule has 1 N–H and O–H groups in total. The molecule has 1 heterocycles. The first-order valence-corrected chi connectivity index (χ1v) is 6.58. The molecule has 2 rings (SSSR count). The predicted octanol–water partition coefficient (Wildman–Crippen LogP) is 2.54. The van der Waals surface area contributed by atoms with Gasteiger partial charge in [-0.25, -0.2) is 0 Å². The van der Waals surface area contributed by atoms with Crippen LogP contribution >= 0.6 is 0 Å². The van der Waals surface area contributed by atoms with Gasteiger partial charge in [-0.15, -0.1) is 0 Å². The molecule has 0 bridgehead atoms. The van der Waals surface area contributed by atoms with E-state index in [1.54, 1.807) is 6.92 Å². The molecule has 0 saturated heterocycles. The lowest BCUT2D eigenvalue weighted by molar-refractivity contribution is -0.137. The van der Waals surface area contributed by atoms with Crippen LogP contribution in [0.2, 0.25) is 0 Å². The molecule has 106 valence electrons. The lowest BCUT2D eigenvalue weighted by Crippen LogP contribution is -2.35. The van der Waals surface area contributed by atoms with Gasteiger partial charge in [0.1, 0.15) is 18.4 Å².